The van der Waals surface area contributed by atoms with Gasteiger partial charge in [0.25, 0.3) is 5.97 Å². The Morgan fingerprint density at radius 3 is 1.24 bits per heavy atom. The molecule has 0 heterocycles. The van der Waals surface area contributed by atoms with Crippen LogP contribution in [0.3, 0.4) is 0 Å². The standard InChI is InChI=1S/C23H53N2O3Si/c1-4-5-6-7-8-9-10-11-12-13-14-15-16-17-18-19-20-22(24,25(2,3)29)21-23(26,27)28/h26-28H,4-21,24H2,1-3,29H3/q+1. The Hall–Kier alpha value is 0.0169. The van der Waals surface area contributed by atoms with Crippen LogP contribution in [0.4, 0.5) is 0 Å². The van der Waals surface area contributed by atoms with Gasteiger partial charge in [-0.25, -0.2) is 0 Å². The van der Waals surface area contributed by atoms with Gasteiger partial charge < -0.3 is 19.5 Å². The lowest BCUT2D eigenvalue weighted by Crippen LogP contribution is -2.66. The summed E-state index contributed by atoms with van der Waals surface area (Å²) < 4.78 is 0.523. The third kappa shape index (κ3) is 16.4. The summed E-state index contributed by atoms with van der Waals surface area (Å²) >= 11 is 0. The number of hydrogen-bond donors (Lipinski definition) is 4. The van der Waals surface area contributed by atoms with E-state index in [1.807, 2.05) is 14.1 Å². The summed E-state index contributed by atoms with van der Waals surface area (Å²) in [4.78, 5) is 0. The van der Waals surface area contributed by atoms with E-state index in [1.165, 1.54) is 89.9 Å². The van der Waals surface area contributed by atoms with Gasteiger partial charge in [0.05, 0.1) is 20.5 Å². The van der Waals surface area contributed by atoms with Gasteiger partial charge in [0.2, 0.25) is 10.4 Å². The lowest BCUT2D eigenvalue weighted by Gasteiger charge is -2.46. The molecule has 0 aliphatic carbocycles. The summed E-state index contributed by atoms with van der Waals surface area (Å²) in [6.07, 6.45) is 21.8. The Labute approximate surface area is 184 Å². The predicted octanol–water partition coefficient (Wildman–Crippen LogP) is 3.67. The lowest BCUT2D eigenvalue weighted by molar-refractivity contribution is -0.838. The second-order valence-electron chi connectivity index (χ2n) is 10.1. The Morgan fingerprint density at radius 1 is 0.655 bits per heavy atom. The number of aliphatic hydroxyl groups is 3. The van der Waals surface area contributed by atoms with Crippen molar-refractivity contribution in [1.29, 1.82) is 0 Å². The normalized spacial score (nSPS) is 15.0. The molecule has 0 aliphatic heterocycles. The van der Waals surface area contributed by atoms with E-state index in [-0.39, 0.29) is 6.42 Å². The molecule has 176 valence electrons. The van der Waals surface area contributed by atoms with Crippen LogP contribution in [-0.4, -0.2) is 55.6 Å². The highest BCUT2D eigenvalue weighted by Crippen LogP contribution is 2.27. The maximum atomic E-state index is 9.39. The van der Waals surface area contributed by atoms with Gasteiger partial charge in [-0.05, 0) is 6.42 Å². The fourth-order valence-electron chi connectivity index (χ4n) is 4.05. The van der Waals surface area contributed by atoms with E-state index in [9.17, 15) is 15.3 Å². The molecule has 0 spiro atoms. The summed E-state index contributed by atoms with van der Waals surface area (Å²) in [5.41, 5.74) is 5.66. The smallest absolute Gasteiger partial charge is 0.282 e. The van der Waals surface area contributed by atoms with Gasteiger partial charge in [-0.15, -0.1) is 0 Å². The zero-order chi connectivity index (χ0) is 22.2. The third-order valence-corrected chi connectivity index (χ3v) is 7.23. The summed E-state index contributed by atoms with van der Waals surface area (Å²) in [6, 6.07) is 0. The van der Waals surface area contributed by atoms with Crippen LogP contribution in [0.15, 0.2) is 0 Å². The van der Waals surface area contributed by atoms with Crippen LogP contribution >= 0.6 is 0 Å². The van der Waals surface area contributed by atoms with Crippen LogP contribution in [0, 0.1) is 0 Å². The molecule has 0 amide bonds. The summed E-state index contributed by atoms with van der Waals surface area (Å²) in [5.74, 6) is -2.69. The van der Waals surface area contributed by atoms with Crippen molar-refractivity contribution in [2.75, 3.05) is 14.1 Å². The first-order valence-corrected chi connectivity index (χ1v) is 13.2. The van der Waals surface area contributed by atoms with Crippen molar-refractivity contribution in [2.24, 2.45) is 5.73 Å². The first-order valence-electron chi connectivity index (χ1n) is 12.3. The zero-order valence-corrected chi connectivity index (χ0v) is 22.1. The van der Waals surface area contributed by atoms with Crippen molar-refractivity contribution in [3.63, 3.8) is 0 Å². The minimum Gasteiger partial charge on any atom is -0.378 e. The Balaban J connectivity index is 3.60. The molecular weight excluding hydrogens is 380 g/mol. The Kier molecular flexibility index (Phi) is 15.8. The zero-order valence-electron chi connectivity index (χ0n) is 20.1. The first kappa shape index (κ1) is 29.0. The van der Waals surface area contributed by atoms with Crippen LogP contribution in [-0.2, 0) is 0 Å². The van der Waals surface area contributed by atoms with Crippen LogP contribution in [0.1, 0.15) is 122 Å². The second-order valence-corrected chi connectivity index (χ2v) is 12.4. The average Bonchev–Trinajstić information content (AvgIpc) is 2.59. The maximum Gasteiger partial charge on any atom is 0.282 e. The number of nitrogens with two attached hydrogens (primary N) is 1. The van der Waals surface area contributed by atoms with Gasteiger partial charge in [-0.2, -0.15) is 0 Å². The number of nitrogens with zero attached hydrogens (tertiary/aromatic N) is 1. The molecule has 0 aliphatic rings. The van der Waals surface area contributed by atoms with Gasteiger partial charge in [-0.1, -0.05) is 103 Å². The van der Waals surface area contributed by atoms with Crippen molar-refractivity contribution in [2.45, 2.75) is 134 Å². The van der Waals surface area contributed by atoms with Crippen molar-refractivity contribution < 1.29 is 19.5 Å². The maximum absolute atomic E-state index is 9.39. The molecule has 0 bridgehead atoms. The first-order chi connectivity index (χ1) is 13.5. The van der Waals surface area contributed by atoms with E-state index in [1.54, 1.807) is 0 Å². The quantitative estimate of drug-likeness (QED) is 0.134. The van der Waals surface area contributed by atoms with E-state index >= 15 is 0 Å². The molecule has 0 fully saturated rings. The molecule has 0 aromatic carbocycles. The van der Waals surface area contributed by atoms with Crippen molar-refractivity contribution >= 4 is 10.4 Å². The molecule has 0 saturated heterocycles. The van der Waals surface area contributed by atoms with Gasteiger partial charge in [0, 0.05) is 6.42 Å². The SMILES string of the molecule is CCCCCCCCCCCCCCCCCCC(N)(CC(O)(O)O)[N+](C)(C)[SiH3]. The largest absolute Gasteiger partial charge is 0.378 e. The van der Waals surface area contributed by atoms with Crippen LogP contribution in [0.25, 0.3) is 0 Å². The number of hydrogen-bond acceptors (Lipinski definition) is 4. The van der Waals surface area contributed by atoms with Gasteiger partial charge in [-0.3, -0.25) is 5.73 Å². The summed E-state index contributed by atoms with van der Waals surface area (Å²) in [7, 11) is 4.76. The number of unbranched alkanes of at least 4 members (excludes halogenated alkanes) is 15. The van der Waals surface area contributed by atoms with E-state index < -0.39 is 11.6 Å². The molecule has 5 N–H and O–H groups in total. The monoisotopic (exact) mass is 433 g/mol. The molecule has 1 atom stereocenters. The molecule has 0 rings (SSSR count). The molecular formula is C23H53N2O3Si+. The van der Waals surface area contributed by atoms with Crippen LogP contribution in [0.2, 0.25) is 0 Å². The molecule has 0 aromatic heterocycles. The topological polar surface area (TPSA) is 86.7 Å². The summed E-state index contributed by atoms with van der Waals surface area (Å²) in [5, 5.41) is 28.2. The Bertz CT molecular complexity index is 383. The van der Waals surface area contributed by atoms with E-state index in [2.05, 4.69) is 6.92 Å². The highest BCUT2D eigenvalue weighted by atomic mass is 28.2. The highest BCUT2D eigenvalue weighted by Gasteiger charge is 2.43. The summed E-state index contributed by atoms with van der Waals surface area (Å²) in [6.45, 7) is 2.27. The van der Waals surface area contributed by atoms with Crippen molar-refractivity contribution in [3.8, 4) is 0 Å². The van der Waals surface area contributed by atoms with Crippen LogP contribution < -0.4 is 5.73 Å². The second kappa shape index (κ2) is 15.8. The third-order valence-electron chi connectivity index (χ3n) is 6.34. The predicted molar refractivity (Wildman–Crippen MR) is 127 cm³/mol. The van der Waals surface area contributed by atoms with E-state index in [4.69, 9.17) is 5.73 Å². The minimum atomic E-state index is -2.69. The Morgan fingerprint density at radius 2 is 0.966 bits per heavy atom. The molecule has 0 radical (unpaired) electrons. The van der Waals surface area contributed by atoms with Gasteiger partial charge in [0.1, 0.15) is 5.66 Å². The van der Waals surface area contributed by atoms with Crippen molar-refractivity contribution in [3.05, 3.63) is 0 Å². The van der Waals surface area contributed by atoms with Crippen molar-refractivity contribution in [1.82, 2.24) is 0 Å². The lowest BCUT2D eigenvalue weighted by atomic mass is 9.95. The minimum absolute atomic E-state index is 0.213. The van der Waals surface area contributed by atoms with Gasteiger partial charge >= 0.3 is 0 Å². The molecule has 0 aromatic rings. The molecule has 29 heavy (non-hydrogen) atoms. The van der Waals surface area contributed by atoms with E-state index in [0.29, 0.717) is 10.6 Å². The van der Waals surface area contributed by atoms with Crippen LogP contribution in [0.5, 0.6) is 0 Å². The average molecular weight is 434 g/mol. The molecule has 5 nitrogen and oxygen atoms in total. The molecule has 6 heteroatoms. The number of quaternary nitrogens is 1. The fraction of sp³-hybridized carbons (Fsp3) is 1.00. The molecule has 0 saturated carbocycles. The molecule has 1 unspecified atom stereocenters. The highest BCUT2D eigenvalue weighted by molar-refractivity contribution is 5.97. The van der Waals surface area contributed by atoms with E-state index in [0.717, 1.165) is 23.2 Å². The fourth-order valence-corrected chi connectivity index (χ4v) is 4.43. The number of rotatable bonds is 20. The van der Waals surface area contributed by atoms with Gasteiger partial charge in [0.15, 0.2) is 0 Å².